The Bertz CT molecular complexity index is 605. The van der Waals surface area contributed by atoms with Crippen molar-refractivity contribution in [1.29, 1.82) is 0 Å². The minimum Gasteiger partial charge on any atom is -0.308 e. The van der Waals surface area contributed by atoms with Gasteiger partial charge in [-0.2, -0.15) is 0 Å². The van der Waals surface area contributed by atoms with Crippen LogP contribution in [0.15, 0.2) is 52.3 Å². The zero-order valence-electron chi connectivity index (χ0n) is 12.4. The maximum atomic E-state index is 13.5. The van der Waals surface area contributed by atoms with Gasteiger partial charge in [0.15, 0.2) is 0 Å². The van der Waals surface area contributed by atoms with Gasteiger partial charge in [-0.3, -0.25) is 0 Å². The summed E-state index contributed by atoms with van der Waals surface area (Å²) in [7, 11) is 0. The Balaban J connectivity index is 2.20. The third-order valence-electron chi connectivity index (χ3n) is 2.87. The highest BCUT2D eigenvalue weighted by molar-refractivity contribution is 7.99. The number of nitrogens with one attached hydrogen (secondary N) is 1. The molecule has 0 spiro atoms. The van der Waals surface area contributed by atoms with Crippen LogP contribution in [0.4, 0.5) is 4.39 Å². The van der Waals surface area contributed by atoms with E-state index in [1.165, 1.54) is 6.07 Å². The fraction of sp³-hybridized carbons (Fsp3) is 0.294. The van der Waals surface area contributed by atoms with Gasteiger partial charge in [-0.1, -0.05) is 23.4 Å². The summed E-state index contributed by atoms with van der Waals surface area (Å²) in [6, 6.07) is 12.6. The van der Waals surface area contributed by atoms with Gasteiger partial charge in [-0.25, -0.2) is 4.39 Å². The molecule has 2 rings (SSSR count). The molecule has 0 radical (unpaired) electrons. The lowest BCUT2D eigenvalue weighted by atomic mass is 10.1. The minimum absolute atomic E-state index is 0.00543. The second-order valence-corrected chi connectivity index (χ2v) is 7.46. The van der Waals surface area contributed by atoms with Crippen LogP contribution in [0.1, 0.15) is 26.3 Å². The topological polar surface area (TPSA) is 12.0 Å². The van der Waals surface area contributed by atoms with Crippen LogP contribution >= 0.6 is 23.4 Å². The molecule has 1 nitrogen and oxygen atoms in total. The first kappa shape index (κ1) is 16.3. The highest BCUT2D eigenvalue weighted by Crippen LogP contribution is 2.31. The van der Waals surface area contributed by atoms with Crippen molar-refractivity contribution in [3.8, 4) is 0 Å². The van der Waals surface area contributed by atoms with Gasteiger partial charge in [0.2, 0.25) is 0 Å². The Morgan fingerprint density at radius 1 is 1.10 bits per heavy atom. The van der Waals surface area contributed by atoms with E-state index >= 15 is 0 Å². The molecule has 0 fully saturated rings. The highest BCUT2D eigenvalue weighted by atomic mass is 35.5. The van der Waals surface area contributed by atoms with Crippen LogP contribution in [-0.4, -0.2) is 5.54 Å². The standard InChI is InChI=1S/C17H19ClFNS/c1-17(2,3)20-11-12-10-14(19)6-9-16(12)21-15-7-4-13(18)5-8-15/h4-10,20H,11H2,1-3H3. The Hall–Kier alpha value is -1.03. The molecule has 0 aliphatic rings. The summed E-state index contributed by atoms with van der Waals surface area (Å²) < 4.78 is 13.5. The Morgan fingerprint density at radius 3 is 2.38 bits per heavy atom. The third-order valence-corrected chi connectivity index (χ3v) is 4.25. The molecular formula is C17H19ClFNS. The molecule has 1 N–H and O–H groups in total. The summed E-state index contributed by atoms with van der Waals surface area (Å²) in [5.74, 6) is -0.207. The van der Waals surface area contributed by atoms with Gasteiger partial charge in [0, 0.05) is 26.9 Å². The Labute approximate surface area is 134 Å². The Kier molecular flexibility index (Phi) is 5.31. The van der Waals surface area contributed by atoms with Gasteiger partial charge >= 0.3 is 0 Å². The number of halogens is 2. The molecule has 0 atom stereocenters. The summed E-state index contributed by atoms with van der Waals surface area (Å²) in [4.78, 5) is 2.14. The van der Waals surface area contributed by atoms with Crippen molar-refractivity contribution in [2.45, 2.75) is 42.6 Å². The molecule has 0 amide bonds. The van der Waals surface area contributed by atoms with E-state index in [0.29, 0.717) is 11.6 Å². The van der Waals surface area contributed by atoms with Crippen LogP contribution < -0.4 is 5.32 Å². The highest BCUT2D eigenvalue weighted by Gasteiger charge is 2.12. The zero-order chi connectivity index (χ0) is 15.5. The van der Waals surface area contributed by atoms with Gasteiger partial charge < -0.3 is 5.32 Å². The number of hydrogen-bond donors (Lipinski definition) is 1. The van der Waals surface area contributed by atoms with Crippen LogP contribution in [-0.2, 0) is 6.54 Å². The number of rotatable bonds is 4. The average Bonchev–Trinajstić information content (AvgIpc) is 2.40. The first-order valence-corrected chi connectivity index (χ1v) is 8.00. The minimum atomic E-state index is -0.207. The molecule has 21 heavy (non-hydrogen) atoms. The van der Waals surface area contributed by atoms with Gasteiger partial charge in [-0.15, -0.1) is 0 Å². The van der Waals surface area contributed by atoms with Crippen molar-refractivity contribution in [2.75, 3.05) is 0 Å². The third kappa shape index (κ3) is 5.34. The van der Waals surface area contributed by atoms with E-state index in [1.807, 2.05) is 30.3 Å². The fourth-order valence-electron chi connectivity index (χ4n) is 1.78. The molecule has 2 aromatic carbocycles. The van der Waals surface area contributed by atoms with Crippen LogP contribution in [0.5, 0.6) is 0 Å². The first-order valence-electron chi connectivity index (χ1n) is 6.80. The molecule has 0 aliphatic heterocycles. The lowest BCUT2D eigenvalue weighted by molar-refractivity contribution is 0.422. The van der Waals surface area contributed by atoms with E-state index in [2.05, 4.69) is 26.1 Å². The first-order chi connectivity index (χ1) is 9.83. The van der Waals surface area contributed by atoms with Gasteiger partial charge in [0.25, 0.3) is 0 Å². The number of benzene rings is 2. The van der Waals surface area contributed by atoms with Gasteiger partial charge in [0.05, 0.1) is 0 Å². The molecule has 112 valence electrons. The zero-order valence-corrected chi connectivity index (χ0v) is 14.0. The van der Waals surface area contributed by atoms with Crippen LogP contribution in [0, 0.1) is 5.82 Å². The van der Waals surface area contributed by atoms with Crippen LogP contribution in [0.2, 0.25) is 5.02 Å². The second-order valence-electron chi connectivity index (χ2n) is 5.91. The molecule has 0 unspecified atom stereocenters. The molecule has 0 saturated carbocycles. The van der Waals surface area contributed by atoms with Gasteiger partial charge in [-0.05, 0) is 68.8 Å². The predicted octanol–water partition coefficient (Wildman–Crippen LogP) is 5.52. The monoisotopic (exact) mass is 323 g/mol. The van der Waals surface area contributed by atoms with Crippen molar-refractivity contribution >= 4 is 23.4 Å². The van der Waals surface area contributed by atoms with Crippen molar-refractivity contribution < 1.29 is 4.39 Å². The predicted molar refractivity (Wildman–Crippen MR) is 88.6 cm³/mol. The maximum Gasteiger partial charge on any atom is 0.123 e. The summed E-state index contributed by atoms with van der Waals surface area (Å²) in [5, 5.41) is 4.12. The lowest BCUT2D eigenvalue weighted by Gasteiger charge is -2.21. The average molecular weight is 324 g/mol. The van der Waals surface area contributed by atoms with Crippen LogP contribution in [0.3, 0.4) is 0 Å². The van der Waals surface area contributed by atoms with E-state index in [-0.39, 0.29) is 11.4 Å². The lowest BCUT2D eigenvalue weighted by Crippen LogP contribution is -2.35. The quantitative estimate of drug-likeness (QED) is 0.795. The maximum absolute atomic E-state index is 13.5. The summed E-state index contributed by atoms with van der Waals surface area (Å²) >= 11 is 7.51. The normalized spacial score (nSPS) is 11.7. The SMILES string of the molecule is CC(C)(C)NCc1cc(F)ccc1Sc1ccc(Cl)cc1. The van der Waals surface area contributed by atoms with Crippen molar-refractivity contribution in [3.05, 3.63) is 58.9 Å². The molecule has 0 heterocycles. The molecular weight excluding hydrogens is 305 g/mol. The molecule has 0 saturated heterocycles. The van der Waals surface area contributed by atoms with Crippen molar-refractivity contribution in [3.63, 3.8) is 0 Å². The van der Waals surface area contributed by atoms with E-state index in [9.17, 15) is 4.39 Å². The van der Waals surface area contributed by atoms with Crippen LogP contribution in [0.25, 0.3) is 0 Å². The largest absolute Gasteiger partial charge is 0.308 e. The smallest absolute Gasteiger partial charge is 0.123 e. The Morgan fingerprint density at radius 2 is 1.76 bits per heavy atom. The van der Waals surface area contributed by atoms with E-state index in [4.69, 9.17) is 11.6 Å². The second kappa shape index (κ2) is 6.82. The number of hydrogen-bond acceptors (Lipinski definition) is 2. The van der Waals surface area contributed by atoms with E-state index < -0.39 is 0 Å². The van der Waals surface area contributed by atoms with E-state index in [1.54, 1.807) is 17.8 Å². The van der Waals surface area contributed by atoms with Crippen molar-refractivity contribution in [2.24, 2.45) is 0 Å². The fourth-order valence-corrected chi connectivity index (χ4v) is 2.83. The molecule has 4 heteroatoms. The van der Waals surface area contributed by atoms with Gasteiger partial charge in [0.1, 0.15) is 5.82 Å². The summed E-state index contributed by atoms with van der Waals surface area (Å²) in [6.07, 6.45) is 0. The van der Waals surface area contributed by atoms with E-state index in [0.717, 1.165) is 15.4 Å². The molecule has 0 aliphatic carbocycles. The molecule has 0 bridgehead atoms. The van der Waals surface area contributed by atoms with Crippen molar-refractivity contribution in [1.82, 2.24) is 5.32 Å². The summed E-state index contributed by atoms with van der Waals surface area (Å²) in [6.45, 7) is 6.92. The summed E-state index contributed by atoms with van der Waals surface area (Å²) in [5.41, 5.74) is 0.957. The molecule has 0 aromatic heterocycles. The molecule has 2 aromatic rings.